The summed E-state index contributed by atoms with van der Waals surface area (Å²) in [6.07, 6.45) is 5.17. The molecule has 0 aliphatic carbocycles. The number of urea groups is 4. The lowest BCUT2D eigenvalue weighted by Crippen LogP contribution is -2.49. The monoisotopic (exact) mass is 2080 g/mol. The normalized spacial score (nSPS) is 13.7. The van der Waals surface area contributed by atoms with Crippen LogP contribution in [-0.4, -0.2) is 264 Å². The Bertz CT molecular complexity index is 5490. The molecule has 766 valence electrons. The van der Waals surface area contributed by atoms with Crippen molar-refractivity contribution < 1.29 is 83.7 Å². The Hall–Kier alpha value is -10.3. The van der Waals surface area contributed by atoms with Crippen molar-refractivity contribution in [1.29, 1.82) is 0 Å². The van der Waals surface area contributed by atoms with Gasteiger partial charge in [-0.05, 0) is 208 Å². The van der Waals surface area contributed by atoms with Gasteiger partial charge in [0.05, 0.1) is 135 Å². The van der Waals surface area contributed by atoms with Gasteiger partial charge in [0.2, 0.25) is 33.6 Å². The highest BCUT2D eigenvalue weighted by Crippen LogP contribution is 2.38. The Balaban J connectivity index is 0.000000424. The van der Waals surface area contributed by atoms with Crippen molar-refractivity contribution in [2.24, 2.45) is 23.4 Å². The Kier molecular flexibility index (Phi) is 49.9. The van der Waals surface area contributed by atoms with Crippen LogP contribution in [0.5, 0.6) is 0 Å². The van der Waals surface area contributed by atoms with E-state index in [1.807, 2.05) is 120 Å². The largest absolute Gasteiger partial charge is 0.494 e. The van der Waals surface area contributed by atoms with Crippen molar-refractivity contribution >= 4 is 192 Å². The molecule has 0 bridgehead atoms. The van der Waals surface area contributed by atoms with Crippen molar-refractivity contribution in [3.63, 3.8) is 0 Å². The van der Waals surface area contributed by atoms with Gasteiger partial charge >= 0.3 is 31.2 Å². The molecule has 3 fully saturated rings. The number of hydrogen-bond acceptors (Lipinski definition) is 34. The van der Waals surface area contributed by atoms with Crippen LogP contribution in [0.15, 0.2) is 91.4 Å². The number of carbonyl (C=O) groups excluding carboxylic acids is 7. The minimum Gasteiger partial charge on any atom is -0.412 e. The third kappa shape index (κ3) is 43.8. The highest BCUT2D eigenvalue weighted by molar-refractivity contribution is 6.62. The molecule has 3 aromatic carbocycles. The van der Waals surface area contributed by atoms with E-state index in [4.69, 9.17) is 132 Å². The van der Waals surface area contributed by atoms with E-state index in [-0.39, 0.29) is 91.7 Å². The number of nitrogens with one attached hydrogen (secondary N) is 10. The fourth-order valence-electron chi connectivity index (χ4n) is 11.2. The summed E-state index contributed by atoms with van der Waals surface area (Å²) in [5, 5.41) is 92.0. The lowest BCUT2D eigenvalue weighted by Gasteiger charge is -2.32. The van der Waals surface area contributed by atoms with Crippen LogP contribution >= 0.6 is 81.2 Å². The van der Waals surface area contributed by atoms with Gasteiger partial charge in [-0.15, -0.1) is 11.6 Å². The minimum atomic E-state index is -0.942. The summed E-state index contributed by atoms with van der Waals surface area (Å²) >= 11 is 39.3. The first kappa shape index (κ1) is 123. The van der Waals surface area contributed by atoms with Gasteiger partial charge in [0.1, 0.15) is 21.9 Å². The molecular formula is C85H127BCl7N29O17. The average molecular weight is 2090 g/mol. The molecule has 0 saturated carbocycles. The molecule has 10 aromatic rings. The predicted octanol–water partition coefficient (Wildman–Crippen LogP) is 7.76. The topological polar surface area (TPSA) is 684 Å². The van der Waals surface area contributed by atoms with Gasteiger partial charge in [0.25, 0.3) is 0 Å². The number of anilines is 4. The molecule has 7 aromatic heterocycles. The van der Waals surface area contributed by atoms with E-state index in [1.54, 1.807) is 128 Å². The number of carbonyl (C=O) groups is 7. The fourth-order valence-corrected chi connectivity index (χ4v) is 12.5. The van der Waals surface area contributed by atoms with Crippen molar-refractivity contribution in [2.45, 2.75) is 202 Å². The maximum atomic E-state index is 11.8. The molecule has 3 aliphatic heterocycles. The fraction of sp³-hybridized carbons (Fsp3) is 0.482. The zero-order valence-electron chi connectivity index (χ0n) is 80.6. The molecule has 0 unspecified atom stereocenters. The van der Waals surface area contributed by atoms with Gasteiger partial charge in [-0.2, -0.15) is 30.2 Å². The predicted molar refractivity (Wildman–Crippen MR) is 539 cm³/mol. The number of halogens is 7. The molecule has 3 saturated heterocycles. The summed E-state index contributed by atoms with van der Waals surface area (Å²) < 4.78 is 22.3. The second-order valence-corrected chi connectivity index (χ2v) is 37.4. The number of alkyl halides is 1. The maximum absolute atomic E-state index is 11.8. The van der Waals surface area contributed by atoms with Gasteiger partial charge in [0, 0.05) is 74.0 Å². The summed E-state index contributed by atoms with van der Waals surface area (Å²) in [4.78, 5) is 111. The maximum Gasteiger partial charge on any atom is 0.494 e. The quantitative estimate of drug-likeness (QED) is 0.00450. The smallest absolute Gasteiger partial charge is 0.412 e. The lowest BCUT2D eigenvalue weighted by atomic mass is 9.79. The molecule has 0 radical (unpaired) electrons. The number of aromatic nitrogens is 14. The van der Waals surface area contributed by atoms with E-state index < -0.39 is 51.5 Å². The Morgan fingerprint density at radius 3 is 1.13 bits per heavy atom. The first-order valence-electron chi connectivity index (χ1n) is 42.6. The number of benzene rings is 3. The van der Waals surface area contributed by atoms with E-state index in [0.717, 1.165) is 38.7 Å². The van der Waals surface area contributed by atoms with Crippen LogP contribution in [0.2, 0.25) is 31.3 Å². The first-order chi connectivity index (χ1) is 64.2. The number of hydrogen-bond donors (Lipinski definition) is 20. The second-order valence-electron chi connectivity index (χ2n) is 35.0. The van der Waals surface area contributed by atoms with Crippen molar-refractivity contribution in [3.8, 4) is 22.5 Å². The SMILES string of the molecule is CC(C)(O)CCl.CC(C)(O)CNN.CC(C)(O)CNN.CC(C)(O)Cn1ncc2c(Cl)nc(Cl)nc21.CCNC(=O)Nc1ccc(-c2nc(Cl)nc3c2cnn3CC(C)(C)O)cc1.CCNC(=O)Nc1ccc(-c2nc(N3CCOCC3)nc3c2cnn3CC(C)(C)O)cc1.CCNC(=O)Nc1ccc(B2OC(C)(C)C(C)(C)O2)cc1.NN.O.O=C1CC(=O)NC(=O)N1.O=Cc1c(Cl)nc(Cl)nc1Cl. The van der Waals surface area contributed by atoms with Crippen molar-refractivity contribution in [2.75, 3.05) is 85.8 Å². The van der Waals surface area contributed by atoms with Crippen LogP contribution in [0.1, 0.15) is 148 Å². The average Bonchev–Trinajstić information content (AvgIpc) is 1.64. The number of ether oxygens (including phenoxy) is 1. The van der Waals surface area contributed by atoms with Crippen LogP contribution < -0.4 is 87.1 Å². The molecule has 10 amide bonds. The summed E-state index contributed by atoms with van der Waals surface area (Å²) in [6, 6.07) is 20.8. The molecule has 10 heterocycles. The minimum absolute atomic E-state index is 0. The van der Waals surface area contributed by atoms with Crippen LogP contribution in [0.4, 0.5) is 42.2 Å². The van der Waals surface area contributed by atoms with Crippen LogP contribution in [0, 0.1) is 0 Å². The zero-order chi connectivity index (χ0) is 104. The molecule has 0 atom stereocenters. The number of aliphatic hydroxyl groups is 6. The van der Waals surface area contributed by atoms with E-state index in [2.05, 4.69) is 105 Å². The third-order valence-electron chi connectivity index (χ3n) is 18.0. The van der Waals surface area contributed by atoms with Gasteiger partial charge < -0.3 is 87.0 Å². The molecule has 3 aliphatic rings. The second kappa shape index (κ2) is 56.4. The van der Waals surface area contributed by atoms with Gasteiger partial charge in [-0.25, -0.2) is 58.1 Å². The van der Waals surface area contributed by atoms with E-state index in [0.29, 0.717) is 130 Å². The van der Waals surface area contributed by atoms with Crippen LogP contribution in [0.25, 0.3) is 55.6 Å². The van der Waals surface area contributed by atoms with Crippen molar-refractivity contribution in [3.05, 3.63) is 128 Å². The van der Waals surface area contributed by atoms with Crippen molar-refractivity contribution in [1.82, 2.24) is 107 Å². The molecular weight excluding hydrogens is 1960 g/mol. The lowest BCUT2D eigenvalue weighted by molar-refractivity contribution is -0.129. The first-order valence-corrected chi connectivity index (χ1v) is 45.4. The molecule has 46 nitrogen and oxygen atoms in total. The number of imide groups is 2. The van der Waals surface area contributed by atoms with Gasteiger partial charge in [0.15, 0.2) is 23.2 Å². The molecule has 0 spiro atoms. The molecule has 13 rings (SSSR count). The number of morpholine rings is 1. The standard InChI is InChI=1S/C22H29N7O3.C18H21ClN6O2.C15H23BN2O3.C9H10Cl2N4O.C5HCl3N2O.C4H9ClO.C4H4N2O3.2C4H12N2O.H4N2.H2O/c1-4-23-21(30)25-16-7-5-15(6-8-16)18-17-13-24-29(14-22(2,3)31)19(17)27-20(26-18)28-9-11-32-12-10-28;1-4-20-17(26)22-12-7-5-11(6-8-12)14-13-9-21-25(10-18(2,3)27)15(13)24-16(19)23-14;1-6-17-13(19)18-12-9-7-11(8-10-12)16-20-14(2,3)15(4,5)21-16;1-9(2,16)4-15-7-5(3-12-15)6(10)13-8(11)14-7;6-3-2(1-11)4(7)10-5(8)9-3;1-4(2,6)3-5;7-2-1-3(8)6-4(9)5-2;2*1-4(2,7)3-6-5;1-2;/h5-8,13,31H,4,9-12,14H2,1-3H3,(H2,23,25,30);5-9,27H,4,10H2,1-3H3,(H2,20,22,26);7-10H,6H2,1-5H3,(H2,17,18,19);3,16H,4H2,1-2H3;1H;6H,3H2,1-2H3;1H2,(H2,5,6,7,8,9);2*6-7H,3,5H2,1-2H3;1-2H2;1H2. The summed E-state index contributed by atoms with van der Waals surface area (Å²) in [5.74, 6) is 17.6. The summed E-state index contributed by atoms with van der Waals surface area (Å²) in [5.41, 5.74) is 7.10. The highest BCUT2D eigenvalue weighted by atomic mass is 35.5. The Labute approximate surface area is 839 Å². The Morgan fingerprint density at radius 1 is 0.482 bits per heavy atom. The molecule has 26 N–H and O–H groups in total. The zero-order valence-corrected chi connectivity index (χ0v) is 85.9. The summed E-state index contributed by atoms with van der Waals surface area (Å²) in [6.45, 7) is 40.1. The number of nitrogens with two attached hydrogens (primary N) is 4. The third-order valence-corrected chi connectivity index (χ3v) is 20.0. The van der Waals surface area contributed by atoms with E-state index in [9.17, 15) is 48.9 Å². The van der Waals surface area contributed by atoms with E-state index >= 15 is 0 Å². The number of amides is 10. The number of rotatable bonds is 22. The number of barbiturate groups is 1. The van der Waals surface area contributed by atoms with Gasteiger partial charge in [-0.1, -0.05) is 71.2 Å². The number of fused-ring (bicyclic) bond motifs is 3. The van der Waals surface area contributed by atoms with Crippen LogP contribution in [0.3, 0.4) is 0 Å². The van der Waals surface area contributed by atoms with E-state index in [1.165, 1.54) is 0 Å². The number of hydrazine groups is 3. The number of nitrogens with zero attached hydrogens (tertiary/aromatic N) is 15. The molecule has 139 heavy (non-hydrogen) atoms. The highest BCUT2D eigenvalue weighted by Gasteiger charge is 2.52. The van der Waals surface area contributed by atoms with Gasteiger partial charge in [-0.3, -0.25) is 59.2 Å². The summed E-state index contributed by atoms with van der Waals surface area (Å²) in [7, 11) is -0.381. The number of aldehydes is 1. The molecule has 54 heteroatoms. The van der Waals surface area contributed by atoms with Crippen LogP contribution in [-0.2, 0) is 43.3 Å². The Morgan fingerprint density at radius 2 is 0.806 bits per heavy atom.